The molecule has 2 saturated heterocycles. The number of nitrogens with one attached hydrogen (secondary N) is 1. The van der Waals surface area contributed by atoms with Crippen LogP contribution in [-0.4, -0.2) is 49.0 Å². The van der Waals surface area contributed by atoms with Crippen LogP contribution in [0.5, 0.6) is 0 Å². The van der Waals surface area contributed by atoms with E-state index in [1.807, 2.05) is 11.8 Å². The van der Waals surface area contributed by atoms with E-state index >= 15 is 0 Å². The van der Waals surface area contributed by atoms with Crippen molar-refractivity contribution in [2.75, 3.05) is 37.9 Å². The van der Waals surface area contributed by atoms with Crippen LogP contribution in [0.15, 0.2) is 0 Å². The van der Waals surface area contributed by atoms with Gasteiger partial charge in [-0.25, -0.2) is 0 Å². The molecule has 2 aliphatic rings. The van der Waals surface area contributed by atoms with E-state index in [-0.39, 0.29) is 12.0 Å². The van der Waals surface area contributed by atoms with Crippen LogP contribution < -0.4 is 5.32 Å². The third-order valence-corrected chi connectivity index (χ3v) is 4.68. The highest BCUT2D eigenvalue weighted by Gasteiger charge is 2.34. The van der Waals surface area contributed by atoms with Crippen molar-refractivity contribution < 1.29 is 9.84 Å². The lowest BCUT2D eigenvalue weighted by molar-refractivity contribution is 0.122. The summed E-state index contributed by atoms with van der Waals surface area (Å²) in [7, 11) is 0. The van der Waals surface area contributed by atoms with Crippen LogP contribution >= 0.6 is 11.8 Å². The molecular weight excluding hydrogens is 210 g/mol. The fourth-order valence-electron chi connectivity index (χ4n) is 2.37. The monoisotopic (exact) mass is 231 g/mol. The molecule has 0 aromatic rings. The minimum atomic E-state index is 0.210. The molecule has 2 unspecified atom stereocenters. The minimum Gasteiger partial charge on any atom is -0.396 e. The zero-order chi connectivity index (χ0) is 10.6. The van der Waals surface area contributed by atoms with E-state index in [9.17, 15) is 0 Å². The Morgan fingerprint density at radius 3 is 3.07 bits per heavy atom. The smallest absolute Gasteiger partial charge is 0.0536 e. The molecule has 0 aromatic heterocycles. The molecule has 2 N–H and O–H groups in total. The van der Waals surface area contributed by atoms with E-state index in [4.69, 9.17) is 9.84 Å². The first-order valence-corrected chi connectivity index (χ1v) is 7.00. The van der Waals surface area contributed by atoms with Gasteiger partial charge in [-0.15, -0.1) is 0 Å². The normalized spacial score (nSPS) is 36.2. The summed E-state index contributed by atoms with van der Waals surface area (Å²) in [5.41, 5.74) is 0.210. The van der Waals surface area contributed by atoms with E-state index in [1.165, 1.54) is 17.9 Å². The maximum atomic E-state index is 9.10. The number of aliphatic hydroxyl groups excluding tert-OH is 1. The van der Waals surface area contributed by atoms with Gasteiger partial charge in [0.15, 0.2) is 0 Å². The largest absolute Gasteiger partial charge is 0.396 e. The first kappa shape index (κ1) is 11.7. The summed E-state index contributed by atoms with van der Waals surface area (Å²) in [6, 6.07) is 0.686. The second-order valence-corrected chi connectivity index (χ2v) is 5.87. The van der Waals surface area contributed by atoms with Gasteiger partial charge in [0.1, 0.15) is 0 Å². The Balaban J connectivity index is 1.78. The first-order chi connectivity index (χ1) is 7.35. The summed E-state index contributed by atoms with van der Waals surface area (Å²) in [5, 5.41) is 12.7. The van der Waals surface area contributed by atoms with E-state index in [1.54, 1.807) is 0 Å². The summed E-state index contributed by atoms with van der Waals surface area (Å²) in [5.74, 6) is 2.54. The maximum Gasteiger partial charge on any atom is 0.0536 e. The van der Waals surface area contributed by atoms with Crippen molar-refractivity contribution in [1.29, 1.82) is 0 Å². The van der Waals surface area contributed by atoms with Crippen molar-refractivity contribution in [3.05, 3.63) is 0 Å². The average Bonchev–Trinajstić information content (AvgIpc) is 2.85. The predicted molar refractivity (Wildman–Crippen MR) is 63.3 cm³/mol. The molecule has 0 aliphatic carbocycles. The van der Waals surface area contributed by atoms with Crippen LogP contribution in [0.2, 0.25) is 0 Å². The molecule has 2 aliphatic heterocycles. The molecule has 0 amide bonds. The Hall–Kier alpha value is 0.230. The fraction of sp³-hybridized carbons (Fsp3) is 1.00. The van der Waals surface area contributed by atoms with Gasteiger partial charge in [-0.2, -0.15) is 11.8 Å². The molecule has 0 bridgehead atoms. The van der Waals surface area contributed by atoms with Crippen LogP contribution in [0, 0.1) is 5.41 Å². The average molecular weight is 231 g/mol. The molecule has 0 radical (unpaired) electrons. The van der Waals surface area contributed by atoms with Crippen molar-refractivity contribution in [2.24, 2.45) is 5.41 Å². The van der Waals surface area contributed by atoms with Gasteiger partial charge in [-0.1, -0.05) is 0 Å². The molecule has 0 spiro atoms. The fourth-order valence-corrected chi connectivity index (χ4v) is 3.55. The molecule has 2 heterocycles. The summed E-state index contributed by atoms with van der Waals surface area (Å²) in [6.07, 6.45) is 3.26. The van der Waals surface area contributed by atoms with Gasteiger partial charge in [0, 0.05) is 37.0 Å². The Morgan fingerprint density at radius 2 is 2.47 bits per heavy atom. The lowest BCUT2D eigenvalue weighted by Crippen LogP contribution is -2.40. The topological polar surface area (TPSA) is 41.5 Å². The molecule has 3 nitrogen and oxygen atoms in total. The summed E-state index contributed by atoms with van der Waals surface area (Å²) in [6.45, 7) is 2.98. The quantitative estimate of drug-likeness (QED) is 0.737. The molecule has 0 saturated carbocycles. The molecule has 0 aromatic carbocycles. The number of thioether (sulfide) groups is 1. The molecule has 2 rings (SSSR count). The van der Waals surface area contributed by atoms with Gasteiger partial charge in [0.25, 0.3) is 0 Å². The van der Waals surface area contributed by atoms with Gasteiger partial charge >= 0.3 is 0 Å². The Morgan fingerprint density at radius 1 is 1.53 bits per heavy atom. The summed E-state index contributed by atoms with van der Waals surface area (Å²) in [4.78, 5) is 0. The van der Waals surface area contributed by atoms with Gasteiger partial charge < -0.3 is 15.2 Å². The lowest BCUT2D eigenvalue weighted by atomic mass is 9.84. The second-order valence-electron chi connectivity index (χ2n) is 4.72. The Labute approximate surface area is 96.0 Å². The zero-order valence-corrected chi connectivity index (χ0v) is 10.0. The standard InChI is InChI=1S/C11H21NO2S/c13-4-2-11(3-5-14-9-11)8-12-10-1-6-15-7-10/h10,12-13H,1-9H2. The Kier molecular flexibility index (Phi) is 4.31. The highest BCUT2D eigenvalue weighted by atomic mass is 32.2. The zero-order valence-electron chi connectivity index (χ0n) is 9.21. The molecular formula is C11H21NO2S. The van der Waals surface area contributed by atoms with Crippen molar-refractivity contribution in [3.63, 3.8) is 0 Å². The molecule has 2 fully saturated rings. The number of aliphatic hydroxyl groups is 1. The molecule has 15 heavy (non-hydrogen) atoms. The van der Waals surface area contributed by atoms with Crippen LogP contribution in [0.4, 0.5) is 0 Å². The van der Waals surface area contributed by atoms with Gasteiger partial charge in [-0.05, 0) is 25.0 Å². The SMILES string of the molecule is OCCC1(CNC2CCSC2)CCOC1. The number of rotatable bonds is 5. The van der Waals surface area contributed by atoms with Gasteiger partial charge in [-0.3, -0.25) is 0 Å². The Bertz CT molecular complexity index is 189. The van der Waals surface area contributed by atoms with E-state index in [0.29, 0.717) is 6.04 Å². The van der Waals surface area contributed by atoms with E-state index in [2.05, 4.69) is 5.32 Å². The van der Waals surface area contributed by atoms with Gasteiger partial charge in [0.05, 0.1) is 6.61 Å². The third-order valence-electron chi connectivity index (χ3n) is 3.52. The number of hydrogen-bond donors (Lipinski definition) is 2. The molecule has 88 valence electrons. The maximum absolute atomic E-state index is 9.10. The second kappa shape index (κ2) is 5.53. The van der Waals surface area contributed by atoms with Gasteiger partial charge in [0.2, 0.25) is 0 Å². The highest BCUT2D eigenvalue weighted by molar-refractivity contribution is 7.99. The molecule has 2 atom stereocenters. The van der Waals surface area contributed by atoms with Crippen molar-refractivity contribution in [3.8, 4) is 0 Å². The lowest BCUT2D eigenvalue weighted by Gasteiger charge is -2.28. The van der Waals surface area contributed by atoms with E-state index in [0.717, 1.165) is 32.6 Å². The highest BCUT2D eigenvalue weighted by Crippen LogP contribution is 2.32. The summed E-state index contributed by atoms with van der Waals surface area (Å²) < 4.78 is 5.47. The van der Waals surface area contributed by atoms with Crippen LogP contribution in [0.1, 0.15) is 19.3 Å². The first-order valence-electron chi connectivity index (χ1n) is 5.84. The predicted octanol–water partition coefficient (Wildman–Crippen LogP) is 0.871. The van der Waals surface area contributed by atoms with Crippen LogP contribution in [-0.2, 0) is 4.74 Å². The third kappa shape index (κ3) is 3.09. The minimum absolute atomic E-state index is 0.210. The van der Waals surface area contributed by atoms with Crippen molar-refractivity contribution >= 4 is 11.8 Å². The van der Waals surface area contributed by atoms with E-state index < -0.39 is 0 Å². The number of hydrogen-bond acceptors (Lipinski definition) is 4. The van der Waals surface area contributed by atoms with Crippen LogP contribution in [0.25, 0.3) is 0 Å². The van der Waals surface area contributed by atoms with Crippen molar-refractivity contribution in [1.82, 2.24) is 5.32 Å². The summed E-state index contributed by atoms with van der Waals surface area (Å²) >= 11 is 2.03. The van der Waals surface area contributed by atoms with Crippen LogP contribution in [0.3, 0.4) is 0 Å². The number of ether oxygens (including phenoxy) is 1. The van der Waals surface area contributed by atoms with Crippen molar-refractivity contribution in [2.45, 2.75) is 25.3 Å². The molecule has 4 heteroatoms.